The van der Waals surface area contributed by atoms with Crippen molar-refractivity contribution in [2.45, 2.75) is 82.6 Å². The van der Waals surface area contributed by atoms with Crippen molar-refractivity contribution >= 4 is 14.4 Å². The molecule has 1 aromatic heterocycles. The topological polar surface area (TPSA) is 40.8 Å². The fraction of sp³-hybridized carbons (Fsp3) is 0.419. The Morgan fingerprint density at radius 3 is 1.75 bits per heavy atom. The SMILES string of the molecule is CC(C)[Si](Oc1cc2c(o1)CC1(C=C2)OC(c2ccccc2)C(c2ccccc2)O1)(C(C)C)C(C)C. The second-order valence-corrected chi connectivity index (χ2v) is 16.5. The third kappa shape index (κ3) is 4.38. The average molecular weight is 503 g/mol. The smallest absolute Gasteiger partial charge is 0.271 e. The molecule has 5 rings (SSSR count). The van der Waals surface area contributed by atoms with E-state index in [4.69, 9.17) is 18.3 Å². The fourth-order valence-electron chi connectivity index (χ4n) is 6.29. The van der Waals surface area contributed by atoms with E-state index in [0.717, 1.165) is 22.5 Å². The van der Waals surface area contributed by atoms with Gasteiger partial charge in [0.2, 0.25) is 0 Å². The second-order valence-electron chi connectivity index (χ2n) is 11.1. The normalized spacial score (nSPS) is 23.7. The summed E-state index contributed by atoms with van der Waals surface area (Å²) in [5.74, 6) is 0.597. The lowest BCUT2D eigenvalue weighted by Gasteiger charge is -2.41. The Bertz CT molecular complexity index is 1130. The number of fused-ring (bicyclic) bond motifs is 1. The van der Waals surface area contributed by atoms with Crippen LogP contribution in [0, 0.1) is 0 Å². The van der Waals surface area contributed by atoms with Crippen molar-refractivity contribution in [2.24, 2.45) is 0 Å². The molecule has 0 N–H and O–H groups in total. The molecule has 1 spiro atoms. The third-order valence-corrected chi connectivity index (χ3v) is 13.9. The molecule has 2 heterocycles. The van der Waals surface area contributed by atoms with E-state index < -0.39 is 14.1 Å². The summed E-state index contributed by atoms with van der Waals surface area (Å²) in [6.07, 6.45) is 4.19. The molecule has 1 fully saturated rings. The molecule has 2 atom stereocenters. The first-order valence-electron chi connectivity index (χ1n) is 13.2. The Labute approximate surface area is 216 Å². The van der Waals surface area contributed by atoms with Gasteiger partial charge in [0.15, 0.2) is 5.79 Å². The predicted molar refractivity (Wildman–Crippen MR) is 146 cm³/mol. The Balaban J connectivity index is 1.44. The van der Waals surface area contributed by atoms with Crippen molar-refractivity contribution in [3.8, 4) is 5.95 Å². The van der Waals surface area contributed by atoms with Crippen molar-refractivity contribution in [3.63, 3.8) is 0 Å². The van der Waals surface area contributed by atoms with E-state index in [1.165, 1.54) is 0 Å². The number of hydrogen-bond acceptors (Lipinski definition) is 4. The summed E-state index contributed by atoms with van der Waals surface area (Å²) < 4.78 is 26.7. The Hall–Kier alpha value is -2.60. The standard InChI is InChI=1S/C31H38O4Si/c1-21(2)36(22(3)4,23(5)6)35-28-19-26-17-18-31(20-27(26)32-28)33-29(24-13-9-7-10-14-24)30(34-31)25-15-11-8-12-16-25/h7-19,21-23,29-30H,20H2,1-6H3. The van der Waals surface area contributed by atoms with Crippen LogP contribution in [0.1, 0.15) is 76.2 Å². The van der Waals surface area contributed by atoms with Gasteiger partial charge in [-0.3, -0.25) is 0 Å². The zero-order valence-corrected chi connectivity index (χ0v) is 23.2. The van der Waals surface area contributed by atoms with Gasteiger partial charge in [-0.25, -0.2) is 0 Å². The van der Waals surface area contributed by atoms with Crippen molar-refractivity contribution in [3.05, 3.63) is 95.3 Å². The summed E-state index contributed by atoms with van der Waals surface area (Å²) in [5.41, 5.74) is 4.67. The molecular formula is C31H38O4Si. The maximum Gasteiger partial charge on any atom is 0.271 e. The number of benzene rings is 2. The number of ether oxygens (including phenoxy) is 2. The molecule has 2 unspecified atom stereocenters. The summed E-state index contributed by atoms with van der Waals surface area (Å²) in [7, 11) is -2.11. The van der Waals surface area contributed by atoms with Gasteiger partial charge < -0.3 is 18.3 Å². The van der Waals surface area contributed by atoms with Crippen molar-refractivity contribution in [1.29, 1.82) is 0 Å². The van der Waals surface area contributed by atoms with Gasteiger partial charge >= 0.3 is 0 Å². The lowest BCUT2D eigenvalue weighted by Crippen LogP contribution is -2.50. The molecule has 0 saturated carbocycles. The molecule has 4 nitrogen and oxygen atoms in total. The van der Waals surface area contributed by atoms with Crippen molar-refractivity contribution < 1.29 is 18.3 Å². The van der Waals surface area contributed by atoms with Crippen molar-refractivity contribution in [2.75, 3.05) is 0 Å². The van der Waals surface area contributed by atoms with Gasteiger partial charge in [0.05, 0.1) is 6.42 Å². The lowest BCUT2D eigenvalue weighted by atomic mass is 9.99. The molecule has 0 amide bonds. The molecule has 1 aliphatic heterocycles. The zero-order valence-electron chi connectivity index (χ0n) is 22.2. The zero-order chi connectivity index (χ0) is 25.5. The van der Waals surface area contributed by atoms with Crippen LogP contribution in [0.5, 0.6) is 5.95 Å². The van der Waals surface area contributed by atoms with Crippen LogP contribution in [-0.4, -0.2) is 14.1 Å². The van der Waals surface area contributed by atoms with E-state index in [1.807, 2.05) is 48.5 Å². The lowest BCUT2D eigenvalue weighted by molar-refractivity contribution is -0.139. The Kier molecular flexibility index (Phi) is 6.75. The maximum absolute atomic E-state index is 6.83. The predicted octanol–water partition coefficient (Wildman–Crippen LogP) is 8.63. The summed E-state index contributed by atoms with van der Waals surface area (Å²) >= 11 is 0. The molecule has 36 heavy (non-hydrogen) atoms. The van der Waals surface area contributed by atoms with Crippen LogP contribution >= 0.6 is 0 Å². The minimum atomic E-state index is -2.11. The molecule has 0 radical (unpaired) electrons. The number of rotatable bonds is 7. The largest absolute Gasteiger partial charge is 0.518 e. The molecule has 2 aliphatic rings. The third-order valence-electron chi connectivity index (χ3n) is 7.91. The minimum Gasteiger partial charge on any atom is -0.518 e. The summed E-state index contributed by atoms with van der Waals surface area (Å²) in [6.45, 7) is 13.7. The van der Waals surface area contributed by atoms with E-state index in [-0.39, 0.29) is 12.2 Å². The van der Waals surface area contributed by atoms with Gasteiger partial charge in [0, 0.05) is 11.6 Å². The highest BCUT2D eigenvalue weighted by Gasteiger charge is 2.50. The van der Waals surface area contributed by atoms with Crippen LogP contribution in [0.3, 0.4) is 0 Å². The van der Waals surface area contributed by atoms with Gasteiger partial charge in [0.1, 0.15) is 18.0 Å². The quantitative estimate of drug-likeness (QED) is 0.303. The van der Waals surface area contributed by atoms with E-state index >= 15 is 0 Å². The van der Waals surface area contributed by atoms with Gasteiger partial charge in [-0.2, -0.15) is 0 Å². The average Bonchev–Trinajstić information content (AvgIpc) is 3.44. The monoisotopic (exact) mass is 502 g/mol. The Morgan fingerprint density at radius 2 is 1.28 bits per heavy atom. The van der Waals surface area contributed by atoms with E-state index in [1.54, 1.807) is 0 Å². The summed E-state index contributed by atoms with van der Waals surface area (Å²) in [4.78, 5) is 0. The van der Waals surface area contributed by atoms with Gasteiger partial charge in [-0.05, 0) is 33.8 Å². The second kappa shape index (κ2) is 9.69. The number of hydrogen-bond donors (Lipinski definition) is 0. The van der Waals surface area contributed by atoms with E-state index in [9.17, 15) is 0 Å². The highest BCUT2D eigenvalue weighted by atomic mass is 28.4. The molecule has 2 aromatic carbocycles. The summed E-state index contributed by atoms with van der Waals surface area (Å²) in [6, 6.07) is 22.7. The van der Waals surface area contributed by atoms with Gasteiger partial charge in [-0.1, -0.05) is 108 Å². The van der Waals surface area contributed by atoms with Crippen LogP contribution in [0.25, 0.3) is 6.08 Å². The molecular weight excluding hydrogens is 464 g/mol. The highest BCUT2D eigenvalue weighted by Crippen LogP contribution is 2.51. The molecule has 1 aliphatic carbocycles. The first-order chi connectivity index (χ1) is 17.2. The van der Waals surface area contributed by atoms with Crippen LogP contribution < -0.4 is 4.43 Å². The maximum atomic E-state index is 6.83. The van der Waals surface area contributed by atoms with E-state index in [0.29, 0.717) is 29.0 Å². The van der Waals surface area contributed by atoms with Crippen molar-refractivity contribution in [1.82, 2.24) is 0 Å². The minimum absolute atomic E-state index is 0.214. The van der Waals surface area contributed by atoms with Crippen LogP contribution in [0.15, 0.2) is 77.2 Å². The fourth-order valence-corrected chi connectivity index (χ4v) is 11.4. The van der Waals surface area contributed by atoms with Gasteiger partial charge in [-0.15, -0.1) is 0 Å². The van der Waals surface area contributed by atoms with E-state index in [2.05, 4.69) is 71.9 Å². The van der Waals surface area contributed by atoms with Crippen LogP contribution in [0.2, 0.25) is 16.6 Å². The first kappa shape index (κ1) is 25.1. The highest BCUT2D eigenvalue weighted by molar-refractivity contribution is 6.78. The molecule has 0 bridgehead atoms. The molecule has 190 valence electrons. The van der Waals surface area contributed by atoms with Crippen LogP contribution in [-0.2, 0) is 15.9 Å². The molecule has 3 aromatic rings. The van der Waals surface area contributed by atoms with Crippen LogP contribution in [0.4, 0.5) is 0 Å². The Morgan fingerprint density at radius 1 is 0.778 bits per heavy atom. The van der Waals surface area contributed by atoms with Gasteiger partial charge in [0.25, 0.3) is 14.3 Å². The first-order valence-corrected chi connectivity index (χ1v) is 15.3. The molecule has 1 saturated heterocycles. The molecule has 5 heteroatoms. The number of furan rings is 1. The summed E-state index contributed by atoms with van der Waals surface area (Å²) in [5, 5.41) is 0.